The normalized spacial score (nSPS) is 18.4. The van der Waals surface area contributed by atoms with Crippen LogP contribution in [-0.2, 0) is 5.41 Å². The topological polar surface area (TPSA) is 78.9 Å². The van der Waals surface area contributed by atoms with Gasteiger partial charge < -0.3 is 11.1 Å². The maximum absolute atomic E-state index is 11.4. The van der Waals surface area contributed by atoms with Gasteiger partial charge in [-0.05, 0) is 53.3 Å². The Morgan fingerprint density at radius 3 is 2.78 bits per heavy atom. The summed E-state index contributed by atoms with van der Waals surface area (Å²) in [4.78, 5) is 11.4. The number of benzene rings is 2. The predicted molar refractivity (Wildman–Crippen MR) is 90.1 cm³/mol. The van der Waals surface area contributed by atoms with E-state index in [2.05, 4.69) is 25.2 Å². The molecule has 4 nitrogen and oxygen atoms in total. The molecule has 0 radical (unpaired) electrons. The quantitative estimate of drug-likeness (QED) is 0.891. The van der Waals surface area contributed by atoms with Crippen LogP contribution in [0.4, 0.5) is 5.69 Å². The molecule has 23 heavy (non-hydrogen) atoms. The molecule has 0 spiro atoms. The number of nitriles is 1. The highest BCUT2D eigenvalue weighted by molar-refractivity contribution is 5.92. The van der Waals surface area contributed by atoms with Crippen molar-refractivity contribution in [2.24, 2.45) is 5.73 Å². The Bertz CT molecular complexity index is 818. The maximum Gasteiger partial charge on any atom is 0.248 e. The SMILES string of the molecule is CC1(C)CC(c2cccc(C(N)=O)c2)Nc2ccc(C#N)cc21. The smallest absolute Gasteiger partial charge is 0.248 e. The number of hydrogen-bond donors (Lipinski definition) is 2. The van der Waals surface area contributed by atoms with Crippen LogP contribution in [0, 0.1) is 11.3 Å². The van der Waals surface area contributed by atoms with Crippen molar-refractivity contribution < 1.29 is 4.79 Å². The van der Waals surface area contributed by atoms with Gasteiger partial charge in [0.1, 0.15) is 0 Å². The molecule has 0 saturated heterocycles. The number of hydrogen-bond acceptors (Lipinski definition) is 3. The summed E-state index contributed by atoms with van der Waals surface area (Å²) < 4.78 is 0. The summed E-state index contributed by atoms with van der Waals surface area (Å²) in [5.41, 5.74) is 9.74. The van der Waals surface area contributed by atoms with Gasteiger partial charge >= 0.3 is 0 Å². The molecule has 1 aliphatic heterocycles. The van der Waals surface area contributed by atoms with Crippen LogP contribution >= 0.6 is 0 Å². The molecule has 2 aromatic carbocycles. The van der Waals surface area contributed by atoms with Crippen LogP contribution in [0.2, 0.25) is 0 Å². The number of primary amides is 1. The van der Waals surface area contributed by atoms with Crippen molar-refractivity contribution in [3.05, 3.63) is 64.7 Å². The third-order valence-electron chi connectivity index (χ3n) is 4.50. The van der Waals surface area contributed by atoms with E-state index in [1.54, 1.807) is 6.07 Å². The summed E-state index contributed by atoms with van der Waals surface area (Å²) in [6.07, 6.45) is 0.872. The first-order valence-electron chi connectivity index (χ1n) is 7.61. The molecule has 0 aliphatic carbocycles. The van der Waals surface area contributed by atoms with Gasteiger partial charge in [-0.25, -0.2) is 0 Å². The Morgan fingerprint density at radius 1 is 1.30 bits per heavy atom. The molecule has 4 heteroatoms. The minimum atomic E-state index is -0.416. The lowest BCUT2D eigenvalue weighted by Gasteiger charge is -2.39. The summed E-state index contributed by atoms with van der Waals surface area (Å²) in [5, 5.41) is 12.6. The van der Waals surface area contributed by atoms with E-state index in [9.17, 15) is 4.79 Å². The van der Waals surface area contributed by atoms with E-state index < -0.39 is 5.91 Å². The van der Waals surface area contributed by atoms with Gasteiger partial charge in [0.2, 0.25) is 5.91 Å². The van der Waals surface area contributed by atoms with Gasteiger partial charge in [0.05, 0.1) is 17.7 Å². The lowest BCUT2D eigenvalue weighted by Crippen LogP contribution is -2.31. The Balaban J connectivity index is 2.01. The van der Waals surface area contributed by atoms with E-state index >= 15 is 0 Å². The number of rotatable bonds is 2. The fourth-order valence-corrected chi connectivity index (χ4v) is 3.27. The molecule has 2 aromatic rings. The van der Waals surface area contributed by atoms with Crippen LogP contribution in [0.3, 0.4) is 0 Å². The van der Waals surface area contributed by atoms with E-state index in [0.29, 0.717) is 11.1 Å². The highest BCUT2D eigenvalue weighted by Crippen LogP contribution is 2.44. The van der Waals surface area contributed by atoms with Crippen molar-refractivity contribution in [3.8, 4) is 6.07 Å². The van der Waals surface area contributed by atoms with E-state index in [4.69, 9.17) is 11.0 Å². The van der Waals surface area contributed by atoms with Crippen LogP contribution in [0.1, 0.15) is 53.4 Å². The minimum Gasteiger partial charge on any atom is -0.378 e. The second-order valence-electron chi connectivity index (χ2n) is 6.65. The maximum atomic E-state index is 11.4. The van der Waals surface area contributed by atoms with Gasteiger partial charge in [-0.1, -0.05) is 26.0 Å². The number of amides is 1. The molecule has 0 bridgehead atoms. The van der Waals surface area contributed by atoms with E-state index in [1.165, 1.54) is 0 Å². The molecule has 3 N–H and O–H groups in total. The van der Waals surface area contributed by atoms with E-state index in [-0.39, 0.29) is 11.5 Å². The highest BCUT2D eigenvalue weighted by atomic mass is 16.1. The molecule has 3 rings (SSSR count). The fourth-order valence-electron chi connectivity index (χ4n) is 3.27. The summed E-state index contributed by atoms with van der Waals surface area (Å²) in [6, 6.07) is 15.5. The lowest BCUT2D eigenvalue weighted by molar-refractivity contribution is 0.1000. The van der Waals surface area contributed by atoms with Crippen LogP contribution in [0.15, 0.2) is 42.5 Å². The summed E-state index contributed by atoms with van der Waals surface area (Å²) >= 11 is 0. The summed E-state index contributed by atoms with van der Waals surface area (Å²) in [5.74, 6) is -0.416. The van der Waals surface area contributed by atoms with Crippen LogP contribution < -0.4 is 11.1 Å². The standard InChI is InChI=1S/C19H19N3O/c1-19(2)10-17(13-4-3-5-14(9-13)18(21)23)22-16-7-6-12(11-20)8-15(16)19/h3-9,17,22H,10H2,1-2H3,(H2,21,23). The monoisotopic (exact) mass is 305 g/mol. The number of nitrogens with two attached hydrogens (primary N) is 1. The number of carbonyl (C=O) groups excluding carboxylic acids is 1. The fraction of sp³-hybridized carbons (Fsp3) is 0.263. The van der Waals surface area contributed by atoms with Crippen LogP contribution in [-0.4, -0.2) is 5.91 Å². The number of fused-ring (bicyclic) bond motifs is 1. The third kappa shape index (κ3) is 2.78. The molecule has 0 fully saturated rings. The number of carbonyl (C=O) groups is 1. The van der Waals surface area contributed by atoms with Gasteiger partial charge in [0, 0.05) is 11.3 Å². The molecule has 116 valence electrons. The average molecular weight is 305 g/mol. The summed E-state index contributed by atoms with van der Waals surface area (Å²) in [7, 11) is 0. The number of nitrogens with one attached hydrogen (secondary N) is 1. The Labute approximate surface area is 135 Å². The zero-order valence-corrected chi connectivity index (χ0v) is 13.3. The second-order valence-corrected chi connectivity index (χ2v) is 6.65. The number of anilines is 1. The lowest BCUT2D eigenvalue weighted by atomic mass is 9.73. The van der Waals surface area contributed by atoms with Crippen molar-refractivity contribution in [2.45, 2.75) is 31.7 Å². The largest absolute Gasteiger partial charge is 0.378 e. The van der Waals surface area contributed by atoms with Gasteiger partial charge in [0.15, 0.2) is 0 Å². The molecular weight excluding hydrogens is 286 g/mol. The molecule has 0 saturated carbocycles. The predicted octanol–water partition coefficient (Wildman–Crippen LogP) is 3.49. The second kappa shape index (κ2) is 5.44. The van der Waals surface area contributed by atoms with Gasteiger partial charge in [-0.15, -0.1) is 0 Å². The molecule has 1 aliphatic rings. The molecular formula is C19H19N3O. The number of nitrogens with zero attached hydrogens (tertiary/aromatic N) is 1. The first kappa shape index (κ1) is 15.1. The zero-order valence-electron chi connectivity index (χ0n) is 13.3. The zero-order chi connectivity index (χ0) is 16.6. The Morgan fingerprint density at radius 2 is 2.09 bits per heavy atom. The van der Waals surface area contributed by atoms with Crippen molar-refractivity contribution in [2.75, 3.05) is 5.32 Å². The van der Waals surface area contributed by atoms with Gasteiger partial charge in [-0.2, -0.15) is 5.26 Å². The Kier molecular flexibility index (Phi) is 3.57. The van der Waals surface area contributed by atoms with Crippen molar-refractivity contribution >= 4 is 11.6 Å². The first-order valence-corrected chi connectivity index (χ1v) is 7.61. The molecule has 1 unspecified atom stereocenters. The van der Waals surface area contributed by atoms with Crippen LogP contribution in [0.5, 0.6) is 0 Å². The first-order chi connectivity index (χ1) is 10.9. The van der Waals surface area contributed by atoms with E-state index in [0.717, 1.165) is 23.2 Å². The summed E-state index contributed by atoms with van der Waals surface area (Å²) in [6.45, 7) is 4.36. The molecule has 0 aromatic heterocycles. The highest BCUT2D eigenvalue weighted by Gasteiger charge is 2.33. The average Bonchev–Trinajstić information content (AvgIpc) is 2.54. The van der Waals surface area contributed by atoms with Crippen molar-refractivity contribution in [3.63, 3.8) is 0 Å². The van der Waals surface area contributed by atoms with Gasteiger partial charge in [-0.3, -0.25) is 4.79 Å². The van der Waals surface area contributed by atoms with Gasteiger partial charge in [0.25, 0.3) is 0 Å². The van der Waals surface area contributed by atoms with E-state index in [1.807, 2.05) is 36.4 Å². The third-order valence-corrected chi connectivity index (χ3v) is 4.50. The minimum absolute atomic E-state index is 0.0686. The van der Waals surface area contributed by atoms with Crippen LogP contribution in [0.25, 0.3) is 0 Å². The van der Waals surface area contributed by atoms with Crippen molar-refractivity contribution in [1.82, 2.24) is 0 Å². The molecule has 1 heterocycles. The molecule has 1 amide bonds. The molecule has 1 atom stereocenters. The Hall–Kier alpha value is -2.80. The van der Waals surface area contributed by atoms with Crippen molar-refractivity contribution in [1.29, 1.82) is 5.26 Å².